The van der Waals surface area contributed by atoms with Gasteiger partial charge >= 0.3 is 0 Å². The fourth-order valence-corrected chi connectivity index (χ4v) is 3.10. The van der Waals surface area contributed by atoms with Gasteiger partial charge in [0.2, 0.25) is 11.0 Å². The van der Waals surface area contributed by atoms with Crippen LogP contribution >= 0.6 is 11.3 Å². The molecular weight excluding hydrogens is 354 g/mol. The second-order valence-corrected chi connectivity index (χ2v) is 7.18. The number of aromatic nitrogens is 6. The first-order valence-electron chi connectivity index (χ1n) is 8.08. The van der Waals surface area contributed by atoms with E-state index in [0.717, 1.165) is 21.1 Å². The molecule has 0 saturated carbocycles. The highest BCUT2D eigenvalue weighted by Gasteiger charge is 2.13. The Balaban J connectivity index is 1.78. The number of anilines is 1. The number of hydrogen-bond donors (Lipinski definition) is 1. The van der Waals surface area contributed by atoms with E-state index in [9.17, 15) is 9.59 Å². The average Bonchev–Trinajstić information content (AvgIpc) is 3.16. The molecule has 26 heavy (non-hydrogen) atoms. The SMILES string of the molecule is Cc1cc(C)n(-c2ccc(=O)n(CC(=O)Nc3nnc(C(C)C)s3)n2)n1. The summed E-state index contributed by atoms with van der Waals surface area (Å²) in [6.07, 6.45) is 0. The molecule has 0 unspecified atom stereocenters. The molecule has 0 aromatic carbocycles. The fraction of sp³-hybridized carbons (Fsp3) is 0.375. The number of carbonyl (C=O) groups is 1. The normalized spacial score (nSPS) is 11.1. The molecule has 0 aliphatic rings. The van der Waals surface area contributed by atoms with Crippen LogP contribution in [0.3, 0.4) is 0 Å². The van der Waals surface area contributed by atoms with Crippen molar-refractivity contribution in [2.24, 2.45) is 0 Å². The van der Waals surface area contributed by atoms with Gasteiger partial charge in [0.15, 0.2) is 5.82 Å². The Bertz CT molecular complexity index is 1000. The standard InChI is InChI=1S/C16H19N7O2S/c1-9(2)15-18-19-16(26-15)17-13(24)8-22-14(25)6-5-12(21-22)23-11(4)7-10(3)20-23/h5-7,9H,8H2,1-4H3,(H,17,19,24). The third-order valence-electron chi connectivity index (χ3n) is 3.55. The first-order chi connectivity index (χ1) is 12.3. The van der Waals surface area contributed by atoms with Crippen LogP contribution in [0.2, 0.25) is 0 Å². The maximum atomic E-state index is 12.2. The Kier molecular flexibility index (Phi) is 4.94. The molecule has 1 amide bonds. The van der Waals surface area contributed by atoms with Crippen molar-refractivity contribution in [1.29, 1.82) is 0 Å². The molecule has 0 spiro atoms. The van der Waals surface area contributed by atoms with Crippen molar-refractivity contribution in [3.63, 3.8) is 0 Å². The molecule has 1 N–H and O–H groups in total. The number of nitrogens with one attached hydrogen (secondary N) is 1. The molecule has 0 radical (unpaired) electrons. The van der Waals surface area contributed by atoms with Gasteiger partial charge in [-0.1, -0.05) is 25.2 Å². The Hall–Kier alpha value is -2.88. The van der Waals surface area contributed by atoms with Crippen LogP contribution in [0.15, 0.2) is 23.0 Å². The molecule has 3 rings (SSSR count). The van der Waals surface area contributed by atoms with Gasteiger partial charge in [0.1, 0.15) is 11.6 Å². The quantitative estimate of drug-likeness (QED) is 0.729. The lowest BCUT2D eigenvalue weighted by Crippen LogP contribution is -2.30. The average molecular weight is 373 g/mol. The second kappa shape index (κ2) is 7.16. The van der Waals surface area contributed by atoms with E-state index >= 15 is 0 Å². The Morgan fingerprint density at radius 1 is 1.23 bits per heavy atom. The highest BCUT2D eigenvalue weighted by Crippen LogP contribution is 2.22. The topological polar surface area (TPSA) is 108 Å². The third kappa shape index (κ3) is 3.85. The van der Waals surface area contributed by atoms with Gasteiger partial charge in [-0.15, -0.1) is 15.3 Å². The van der Waals surface area contributed by atoms with Gasteiger partial charge in [0.25, 0.3) is 5.56 Å². The van der Waals surface area contributed by atoms with E-state index in [1.54, 1.807) is 10.7 Å². The highest BCUT2D eigenvalue weighted by molar-refractivity contribution is 7.15. The van der Waals surface area contributed by atoms with Crippen molar-refractivity contribution in [2.45, 2.75) is 40.2 Å². The van der Waals surface area contributed by atoms with E-state index in [4.69, 9.17) is 0 Å². The van der Waals surface area contributed by atoms with Gasteiger partial charge in [0, 0.05) is 17.7 Å². The van der Waals surface area contributed by atoms with Crippen LogP contribution in [0.4, 0.5) is 5.13 Å². The first kappa shape index (κ1) is 17.9. The zero-order chi connectivity index (χ0) is 18.8. The molecule has 0 saturated heterocycles. The van der Waals surface area contributed by atoms with Crippen LogP contribution in [-0.2, 0) is 11.3 Å². The summed E-state index contributed by atoms with van der Waals surface area (Å²) < 4.78 is 2.73. The van der Waals surface area contributed by atoms with Crippen LogP contribution in [0.25, 0.3) is 5.82 Å². The summed E-state index contributed by atoms with van der Waals surface area (Å²) in [5, 5.41) is 20.4. The number of nitrogens with zero attached hydrogens (tertiary/aromatic N) is 6. The summed E-state index contributed by atoms with van der Waals surface area (Å²) in [5.74, 6) is 0.317. The minimum Gasteiger partial charge on any atom is -0.299 e. The Morgan fingerprint density at radius 3 is 2.62 bits per heavy atom. The summed E-state index contributed by atoms with van der Waals surface area (Å²) in [6, 6.07) is 4.86. The minimum absolute atomic E-state index is 0.220. The van der Waals surface area contributed by atoms with Crippen molar-refractivity contribution < 1.29 is 4.79 Å². The van der Waals surface area contributed by atoms with Crippen LogP contribution in [0.1, 0.15) is 36.2 Å². The van der Waals surface area contributed by atoms with Crippen molar-refractivity contribution >= 4 is 22.4 Å². The van der Waals surface area contributed by atoms with Gasteiger partial charge in [-0.2, -0.15) is 5.10 Å². The zero-order valence-corrected chi connectivity index (χ0v) is 15.7. The predicted octanol–water partition coefficient (Wildman–Crippen LogP) is 1.66. The molecule has 9 nitrogen and oxygen atoms in total. The lowest BCUT2D eigenvalue weighted by Gasteiger charge is -2.07. The zero-order valence-electron chi connectivity index (χ0n) is 14.9. The van der Waals surface area contributed by atoms with Crippen LogP contribution < -0.4 is 10.9 Å². The first-order valence-corrected chi connectivity index (χ1v) is 8.90. The second-order valence-electron chi connectivity index (χ2n) is 6.17. The summed E-state index contributed by atoms with van der Waals surface area (Å²) in [7, 11) is 0. The monoisotopic (exact) mass is 373 g/mol. The van der Waals surface area contributed by atoms with E-state index in [0.29, 0.717) is 10.9 Å². The molecule has 10 heteroatoms. The van der Waals surface area contributed by atoms with Gasteiger partial charge in [0.05, 0.1) is 5.69 Å². The Morgan fingerprint density at radius 2 is 2.00 bits per heavy atom. The predicted molar refractivity (Wildman–Crippen MR) is 97.7 cm³/mol. The van der Waals surface area contributed by atoms with E-state index in [1.807, 2.05) is 33.8 Å². The molecule has 3 heterocycles. The lowest BCUT2D eigenvalue weighted by molar-refractivity contribution is -0.117. The molecule has 0 aliphatic carbocycles. The van der Waals surface area contributed by atoms with Crippen LogP contribution in [-0.4, -0.2) is 35.7 Å². The fourth-order valence-electron chi connectivity index (χ4n) is 2.34. The number of aryl methyl sites for hydroxylation is 2. The van der Waals surface area contributed by atoms with E-state index < -0.39 is 5.91 Å². The molecular formula is C16H19N7O2S. The number of rotatable bonds is 5. The maximum absolute atomic E-state index is 12.2. The summed E-state index contributed by atoms with van der Waals surface area (Å²) >= 11 is 1.31. The molecule has 0 fully saturated rings. The van der Waals surface area contributed by atoms with Crippen LogP contribution in [0, 0.1) is 13.8 Å². The van der Waals surface area contributed by atoms with Crippen molar-refractivity contribution in [3.8, 4) is 5.82 Å². The summed E-state index contributed by atoms with van der Waals surface area (Å²) in [5.41, 5.74) is 1.36. The van der Waals surface area contributed by atoms with Crippen molar-refractivity contribution in [3.05, 3.63) is 44.9 Å². The van der Waals surface area contributed by atoms with E-state index in [2.05, 4.69) is 25.7 Å². The molecule has 0 bridgehead atoms. The molecule has 136 valence electrons. The van der Waals surface area contributed by atoms with E-state index in [1.165, 1.54) is 17.4 Å². The largest absolute Gasteiger partial charge is 0.299 e. The van der Waals surface area contributed by atoms with Gasteiger partial charge in [-0.05, 0) is 26.0 Å². The molecule has 3 aromatic rings. The van der Waals surface area contributed by atoms with Gasteiger partial charge < -0.3 is 0 Å². The number of amides is 1. The molecule has 3 aromatic heterocycles. The summed E-state index contributed by atoms with van der Waals surface area (Å²) in [6.45, 7) is 7.55. The molecule has 0 aliphatic heterocycles. The highest BCUT2D eigenvalue weighted by atomic mass is 32.1. The smallest absolute Gasteiger partial charge is 0.267 e. The summed E-state index contributed by atoms with van der Waals surface area (Å²) in [4.78, 5) is 24.3. The number of carbonyl (C=O) groups excluding carboxylic acids is 1. The van der Waals surface area contributed by atoms with Gasteiger partial charge in [-0.25, -0.2) is 9.36 Å². The minimum atomic E-state index is -0.392. The van der Waals surface area contributed by atoms with Crippen molar-refractivity contribution in [1.82, 2.24) is 29.8 Å². The molecule has 0 atom stereocenters. The van der Waals surface area contributed by atoms with Crippen LogP contribution in [0.5, 0.6) is 0 Å². The van der Waals surface area contributed by atoms with Gasteiger partial charge in [-0.3, -0.25) is 14.9 Å². The third-order valence-corrected chi connectivity index (χ3v) is 4.69. The van der Waals surface area contributed by atoms with Crippen molar-refractivity contribution in [2.75, 3.05) is 5.32 Å². The maximum Gasteiger partial charge on any atom is 0.267 e. The number of hydrogen-bond acceptors (Lipinski definition) is 7. The van der Waals surface area contributed by atoms with E-state index in [-0.39, 0.29) is 18.0 Å². The lowest BCUT2D eigenvalue weighted by atomic mass is 10.2. The Labute approximate surface area is 153 Å².